The minimum atomic E-state index is -0.499. The van der Waals surface area contributed by atoms with Gasteiger partial charge in [-0.2, -0.15) is 5.26 Å². The van der Waals surface area contributed by atoms with Gasteiger partial charge >= 0.3 is 5.97 Å². The van der Waals surface area contributed by atoms with Crippen LogP contribution in [0.15, 0.2) is 36.4 Å². The van der Waals surface area contributed by atoms with Crippen molar-refractivity contribution < 1.29 is 14.3 Å². The summed E-state index contributed by atoms with van der Waals surface area (Å²) in [5, 5.41) is 12.0. The van der Waals surface area contributed by atoms with Gasteiger partial charge in [-0.05, 0) is 105 Å². The van der Waals surface area contributed by atoms with Crippen LogP contribution in [0.25, 0.3) is 0 Å². The van der Waals surface area contributed by atoms with Crippen molar-refractivity contribution in [2.45, 2.75) is 57.8 Å². The normalized spacial score (nSPS) is 28.9. The van der Waals surface area contributed by atoms with Crippen LogP contribution in [0.3, 0.4) is 0 Å². The number of nitrogens with one attached hydrogen (secondary N) is 1. The van der Waals surface area contributed by atoms with Crippen LogP contribution >= 0.6 is 11.6 Å². The van der Waals surface area contributed by atoms with Gasteiger partial charge in [0, 0.05) is 5.69 Å². The van der Waals surface area contributed by atoms with E-state index >= 15 is 0 Å². The highest BCUT2D eigenvalue weighted by Crippen LogP contribution is 2.66. The first kappa shape index (κ1) is 22.9. The molecule has 0 radical (unpaired) electrons. The number of carbonyl (C=O) groups is 2. The molecule has 4 aliphatic carbocycles. The molecule has 4 fully saturated rings. The van der Waals surface area contributed by atoms with Gasteiger partial charge in [0.1, 0.15) is 6.07 Å². The van der Waals surface area contributed by atoms with E-state index in [9.17, 15) is 9.59 Å². The fourth-order valence-corrected chi connectivity index (χ4v) is 7.30. The number of ether oxygens (including phenoxy) is 1. The van der Waals surface area contributed by atoms with Crippen LogP contribution < -0.4 is 5.32 Å². The molecule has 0 heterocycles. The molecular weight excluding hydrogens is 448 g/mol. The lowest BCUT2D eigenvalue weighted by molar-refractivity contribution is -0.175. The molecule has 4 saturated carbocycles. The number of aryl methyl sites for hydroxylation is 2. The Morgan fingerprint density at radius 3 is 2.47 bits per heavy atom. The highest BCUT2D eigenvalue weighted by Gasteiger charge is 2.61. The maximum Gasteiger partial charge on any atom is 0.312 e. The number of esters is 1. The fourth-order valence-electron chi connectivity index (χ4n) is 7.08. The number of halogens is 1. The summed E-state index contributed by atoms with van der Waals surface area (Å²) >= 11 is 6.04. The first-order valence-electron chi connectivity index (χ1n) is 12.0. The van der Waals surface area contributed by atoms with E-state index in [1.165, 1.54) is 29.2 Å². The van der Waals surface area contributed by atoms with Crippen molar-refractivity contribution in [1.82, 2.24) is 0 Å². The molecule has 6 heteroatoms. The molecular formula is C28H29ClN2O3. The Labute approximate surface area is 205 Å². The summed E-state index contributed by atoms with van der Waals surface area (Å²) in [4.78, 5) is 25.9. The van der Waals surface area contributed by atoms with Crippen LogP contribution in [0, 0.1) is 42.4 Å². The van der Waals surface area contributed by atoms with Gasteiger partial charge < -0.3 is 10.1 Å². The van der Waals surface area contributed by atoms with Gasteiger partial charge in [-0.15, -0.1) is 0 Å². The third-order valence-corrected chi connectivity index (χ3v) is 8.63. The van der Waals surface area contributed by atoms with E-state index in [4.69, 9.17) is 21.6 Å². The Hall–Kier alpha value is -2.84. The van der Waals surface area contributed by atoms with E-state index in [-0.39, 0.29) is 23.0 Å². The van der Waals surface area contributed by atoms with Crippen LogP contribution in [0.1, 0.15) is 60.8 Å². The average Bonchev–Trinajstić information content (AvgIpc) is 2.78. The summed E-state index contributed by atoms with van der Waals surface area (Å²) in [6.45, 7) is 3.96. The number of rotatable bonds is 5. The van der Waals surface area contributed by atoms with Crippen LogP contribution in [-0.4, -0.2) is 18.5 Å². The average molecular weight is 477 g/mol. The maximum absolute atomic E-state index is 13.4. The van der Waals surface area contributed by atoms with Crippen molar-refractivity contribution in [1.29, 1.82) is 5.26 Å². The Morgan fingerprint density at radius 2 is 1.82 bits per heavy atom. The quantitative estimate of drug-likeness (QED) is 0.549. The van der Waals surface area contributed by atoms with Crippen molar-refractivity contribution in [3.8, 4) is 6.07 Å². The van der Waals surface area contributed by atoms with Crippen molar-refractivity contribution in [2.24, 2.45) is 17.3 Å². The SMILES string of the molecule is Cc1ccc(C23C[C@@H]4C[C@@H](CC(C(=O)OCC(=O)Nc5ccc(C#N)c(Cl)c5)(C4)C2)C3)cc1C. The first-order chi connectivity index (χ1) is 16.2. The Kier molecular flexibility index (Phi) is 5.68. The molecule has 0 aromatic heterocycles. The minimum absolute atomic E-state index is 0.0308. The summed E-state index contributed by atoms with van der Waals surface area (Å²) in [5.41, 5.74) is 4.28. The van der Waals surface area contributed by atoms with Gasteiger partial charge in [-0.1, -0.05) is 29.8 Å². The zero-order chi connectivity index (χ0) is 24.1. The maximum atomic E-state index is 13.4. The van der Waals surface area contributed by atoms with Gasteiger partial charge in [0.25, 0.3) is 5.91 Å². The monoisotopic (exact) mass is 476 g/mol. The Morgan fingerprint density at radius 1 is 1.09 bits per heavy atom. The number of hydrogen-bond acceptors (Lipinski definition) is 4. The number of nitrogens with zero attached hydrogens (tertiary/aromatic N) is 1. The van der Waals surface area contributed by atoms with Gasteiger partial charge in [0.05, 0.1) is 16.0 Å². The molecule has 0 saturated heterocycles. The molecule has 176 valence electrons. The topological polar surface area (TPSA) is 79.2 Å². The molecule has 2 aromatic rings. The smallest absolute Gasteiger partial charge is 0.312 e. The third-order valence-electron chi connectivity index (χ3n) is 8.32. The highest BCUT2D eigenvalue weighted by atomic mass is 35.5. The molecule has 1 amide bonds. The molecule has 6 rings (SSSR count). The molecule has 0 spiro atoms. The molecule has 4 aliphatic rings. The molecule has 4 atom stereocenters. The first-order valence-corrected chi connectivity index (χ1v) is 12.3. The number of nitriles is 1. The molecule has 1 N–H and O–H groups in total. The molecule has 2 unspecified atom stereocenters. The summed E-state index contributed by atoms with van der Waals surface area (Å²) in [6.07, 6.45) is 6.01. The molecule has 5 nitrogen and oxygen atoms in total. The van der Waals surface area contributed by atoms with Crippen LogP contribution in [0.4, 0.5) is 5.69 Å². The van der Waals surface area contributed by atoms with Crippen molar-refractivity contribution in [2.75, 3.05) is 11.9 Å². The number of anilines is 1. The van der Waals surface area contributed by atoms with E-state index in [1.807, 2.05) is 6.07 Å². The zero-order valence-electron chi connectivity index (χ0n) is 19.6. The second-order valence-electron chi connectivity index (χ2n) is 10.8. The van der Waals surface area contributed by atoms with Crippen molar-refractivity contribution in [3.05, 3.63) is 63.7 Å². The number of benzene rings is 2. The number of hydrogen-bond donors (Lipinski definition) is 1. The second-order valence-corrected chi connectivity index (χ2v) is 11.2. The lowest BCUT2D eigenvalue weighted by atomic mass is 9.43. The lowest BCUT2D eigenvalue weighted by Crippen LogP contribution is -2.57. The largest absolute Gasteiger partial charge is 0.455 e. The molecule has 2 aromatic carbocycles. The lowest BCUT2D eigenvalue weighted by Gasteiger charge is -2.61. The summed E-state index contributed by atoms with van der Waals surface area (Å²) in [6, 6.07) is 13.4. The zero-order valence-corrected chi connectivity index (χ0v) is 20.4. The van der Waals surface area contributed by atoms with Gasteiger partial charge in [-0.25, -0.2) is 0 Å². The predicted octanol–water partition coefficient (Wildman–Crippen LogP) is 5.85. The summed E-state index contributed by atoms with van der Waals surface area (Å²) in [5.74, 6) is 0.417. The van der Waals surface area contributed by atoms with Crippen LogP contribution in [0.2, 0.25) is 5.02 Å². The number of carbonyl (C=O) groups excluding carboxylic acids is 2. The van der Waals surface area contributed by atoms with E-state index < -0.39 is 11.3 Å². The van der Waals surface area contributed by atoms with E-state index in [0.717, 1.165) is 32.1 Å². The summed E-state index contributed by atoms with van der Waals surface area (Å²) < 4.78 is 5.62. The highest BCUT2D eigenvalue weighted by molar-refractivity contribution is 6.32. The van der Waals surface area contributed by atoms with Gasteiger partial charge in [0.15, 0.2) is 6.61 Å². The van der Waals surface area contributed by atoms with E-state index in [1.54, 1.807) is 12.1 Å². The third kappa shape index (κ3) is 3.99. The van der Waals surface area contributed by atoms with E-state index in [0.29, 0.717) is 23.1 Å². The second kappa shape index (κ2) is 8.43. The standard InChI is InChI=1S/C28H29ClN2O3/c1-17-3-5-22(7-18(17)2)27-10-19-8-20(11-27)13-28(12-19,16-27)26(33)34-15-25(32)31-23-6-4-21(14-30)24(29)9-23/h3-7,9,19-20H,8,10-13,15-16H2,1-2H3,(H,31,32)/t19-,20+,27?,28?. The van der Waals surface area contributed by atoms with Crippen LogP contribution in [0.5, 0.6) is 0 Å². The van der Waals surface area contributed by atoms with Crippen LogP contribution in [-0.2, 0) is 19.7 Å². The molecule has 4 bridgehead atoms. The Bertz CT molecular complexity index is 1200. The molecule has 34 heavy (non-hydrogen) atoms. The van der Waals surface area contributed by atoms with E-state index in [2.05, 4.69) is 37.4 Å². The minimum Gasteiger partial charge on any atom is -0.455 e. The van der Waals surface area contributed by atoms with Crippen molar-refractivity contribution in [3.63, 3.8) is 0 Å². The van der Waals surface area contributed by atoms with Gasteiger partial charge in [0.2, 0.25) is 0 Å². The predicted molar refractivity (Wildman–Crippen MR) is 130 cm³/mol. The van der Waals surface area contributed by atoms with Gasteiger partial charge in [-0.3, -0.25) is 9.59 Å². The number of amides is 1. The molecule has 0 aliphatic heterocycles. The van der Waals surface area contributed by atoms with Crippen molar-refractivity contribution >= 4 is 29.2 Å². The summed E-state index contributed by atoms with van der Waals surface area (Å²) in [7, 11) is 0. The Balaban J connectivity index is 1.29. The fraction of sp³-hybridized carbons (Fsp3) is 0.464.